The largest absolute Gasteiger partial charge is 0.508 e. The minimum atomic E-state index is -0.183. The van der Waals surface area contributed by atoms with Crippen molar-refractivity contribution in [2.45, 2.75) is 107 Å². The lowest BCUT2D eigenvalue weighted by Gasteiger charge is -2.50. The highest BCUT2D eigenvalue weighted by Gasteiger charge is 2.74. The number of hydrogen-bond donors (Lipinski definition) is 1. The van der Waals surface area contributed by atoms with Crippen LogP contribution in [0.4, 0.5) is 5.69 Å². The van der Waals surface area contributed by atoms with Gasteiger partial charge in [-0.05, 0) is 197 Å². The molecule has 18 rings (SSSR count). The van der Waals surface area contributed by atoms with E-state index in [1.54, 1.807) is 141 Å². The number of nitrogens with zero attached hydrogens (tertiary/aromatic N) is 1. The maximum atomic E-state index is 10.7. The first kappa shape index (κ1) is 30.4. The summed E-state index contributed by atoms with van der Waals surface area (Å²) in [5.41, 5.74) is 17.0. The van der Waals surface area contributed by atoms with Crippen LogP contribution in [0.1, 0.15) is 110 Å². The molecule has 2 spiro atoms. The molecular weight excluding hydrogens is 727 g/mol. The van der Waals surface area contributed by atoms with Gasteiger partial charge in [-0.25, -0.2) is 0 Å². The molecule has 1 fully saturated rings. The van der Waals surface area contributed by atoms with E-state index in [0.29, 0.717) is 11.8 Å². The fourth-order valence-corrected chi connectivity index (χ4v) is 17.3. The monoisotopic (exact) mass is 769 g/mol. The number of rotatable bonds is 11. The third-order valence-electron chi connectivity index (χ3n) is 18.8. The number of unbranched alkanes of at least 4 members (excludes halogenated alkanes) is 8. The van der Waals surface area contributed by atoms with Crippen molar-refractivity contribution in [3.63, 3.8) is 0 Å². The molecule has 1 saturated heterocycles. The first-order valence-electron chi connectivity index (χ1n) is 23.7. The molecule has 0 amide bonds. The molecule has 2 heteroatoms. The number of phenols is 1. The molecule has 10 aromatic rings. The van der Waals surface area contributed by atoms with Crippen molar-refractivity contribution in [2.75, 3.05) is 11.4 Å². The number of aromatic hydroxyl groups is 1. The fraction of sp³-hybridized carbons (Fsp3) is 0.310. The predicted molar refractivity (Wildman–Crippen MR) is 250 cm³/mol. The lowest BCUT2D eigenvalue weighted by Crippen LogP contribution is -2.54. The summed E-state index contributed by atoms with van der Waals surface area (Å²) in [6.07, 6.45) is 24.8. The standard InChI is InChI=1S/C58H43NO/c1-2-3-4-5-6-7-8-9-10-11-37-58-34-23-32-21-29-17-27-19-30-18-26-16-28-20-31-22-33(24-34)57(58,25-59(37)35-12-14-36(60)15-13-35)55-43(31)47-40(28)38(26)45-42(30)46-39(27)41(29)48-44(32)56(58)54-52(48)50(46)49(45)51(47)53(54)55/h12-15,18,20-24,37,60H,2-11,16-17,19,25H2,1H3. The maximum absolute atomic E-state index is 10.7. The van der Waals surface area contributed by atoms with Gasteiger partial charge >= 0.3 is 0 Å². The minimum Gasteiger partial charge on any atom is -0.508 e. The van der Waals surface area contributed by atoms with Gasteiger partial charge in [-0.1, -0.05) is 107 Å². The van der Waals surface area contributed by atoms with E-state index in [0.717, 1.165) is 25.8 Å². The van der Waals surface area contributed by atoms with Crippen molar-refractivity contribution in [3.05, 3.63) is 109 Å². The lowest BCUT2D eigenvalue weighted by atomic mass is 9.49. The molecule has 0 saturated carbocycles. The molecule has 0 aromatic heterocycles. The third-order valence-corrected chi connectivity index (χ3v) is 18.8. The van der Waals surface area contributed by atoms with Crippen molar-refractivity contribution in [2.24, 2.45) is 0 Å². The number of hydrogen-bond acceptors (Lipinski definition) is 2. The first-order chi connectivity index (χ1) is 29.6. The Labute approximate surface area is 346 Å². The van der Waals surface area contributed by atoms with E-state index in [4.69, 9.17) is 0 Å². The molecule has 1 heterocycles. The summed E-state index contributed by atoms with van der Waals surface area (Å²) in [6, 6.07) is 16.7. The quantitative estimate of drug-likeness (QED) is 0.105. The second-order valence-electron chi connectivity index (χ2n) is 21.0. The Bertz CT molecular complexity index is 3970. The number of benzene rings is 7. The lowest BCUT2D eigenvalue weighted by molar-refractivity contribution is 0.346. The zero-order valence-corrected chi connectivity index (χ0v) is 34.1. The summed E-state index contributed by atoms with van der Waals surface area (Å²) in [5, 5.41) is 39.8. The second-order valence-corrected chi connectivity index (χ2v) is 21.0. The van der Waals surface area contributed by atoms with Gasteiger partial charge in [0.1, 0.15) is 5.75 Å². The first-order valence-corrected chi connectivity index (χ1v) is 23.7. The topological polar surface area (TPSA) is 23.5 Å². The molecule has 8 aliphatic rings. The van der Waals surface area contributed by atoms with E-state index >= 15 is 0 Å². The Morgan fingerprint density at radius 1 is 0.550 bits per heavy atom. The third kappa shape index (κ3) is 2.68. The van der Waals surface area contributed by atoms with E-state index < -0.39 is 0 Å². The van der Waals surface area contributed by atoms with E-state index in [-0.39, 0.29) is 10.8 Å². The highest BCUT2D eigenvalue weighted by molar-refractivity contribution is 6.58. The molecule has 10 aromatic carbocycles. The highest BCUT2D eigenvalue weighted by Crippen LogP contribution is 2.77. The van der Waals surface area contributed by atoms with Crippen molar-refractivity contribution >= 4 is 110 Å². The zero-order chi connectivity index (χ0) is 38.4. The average molecular weight is 770 g/mol. The van der Waals surface area contributed by atoms with Crippen LogP contribution in [0.15, 0.2) is 59.7 Å². The summed E-state index contributed by atoms with van der Waals surface area (Å²) in [6.45, 7) is 3.30. The summed E-state index contributed by atoms with van der Waals surface area (Å²) in [7, 11) is 0. The van der Waals surface area contributed by atoms with Crippen molar-refractivity contribution in [1.29, 1.82) is 0 Å². The van der Waals surface area contributed by atoms with Crippen molar-refractivity contribution in [3.8, 4) is 5.75 Å². The van der Waals surface area contributed by atoms with Gasteiger partial charge in [0.25, 0.3) is 0 Å². The van der Waals surface area contributed by atoms with Crippen LogP contribution in [0, 0.1) is 0 Å². The molecular formula is C58H43NO. The van der Waals surface area contributed by atoms with Gasteiger partial charge in [0.05, 0.1) is 10.8 Å². The summed E-state index contributed by atoms with van der Waals surface area (Å²) in [4.78, 5) is 2.89. The second kappa shape index (κ2) is 9.18. The molecule has 1 aliphatic heterocycles. The van der Waals surface area contributed by atoms with E-state index in [9.17, 15) is 5.11 Å². The van der Waals surface area contributed by atoms with Gasteiger partial charge in [0, 0.05) is 18.3 Å². The summed E-state index contributed by atoms with van der Waals surface area (Å²) < 4.78 is 0. The van der Waals surface area contributed by atoms with Crippen LogP contribution in [-0.2, 0) is 30.1 Å². The number of anilines is 1. The van der Waals surface area contributed by atoms with Gasteiger partial charge in [-0.3, -0.25) is 0 Å². The molecule has 3 atom stereocenters. The van der Waals surface area contributed by atoms with Crippen LogP contribution in [0.5, 0.6) is 5.75 Å². The average Bonchev–Trinajstić information content (AvgIpc) is 4.10. The van der Waals surface area contributed by atoms with Gasteiger partial charge in [-0.15, -0.1) is 0 Å². The Hall–Kier alpha value is -5.60. The fourth-order valence-electron chi connectivity index (χ4n) is 17.3. The molecule has 0 radical (unpaired) electrons. The maximum Gasteiger partial charge on any atom is 0.115 e. The van der Waals surface area contributed by atoms with Crippen LogP contribution in [0.2, 0.25) is 0 Å². The molecule has 60 heavy (non-hydrogen) atoms. The molecule has 3 unspecified atom stereocenters. The van der Waals surface area contributed by atoms with Crippen LogP contribution in [-0.4, -0.2) is 17.7 Å². The minimum absolute atomic E-state index is 0.180. The SMILES string of the molecule is CCCCCCCCCCCC1N(c2ccc(O)cc2)CC23C4=Cc5cc6c7c8c(cc9c%10c%11c%12c%13c(cc%14c%15c(c%16c%17c2c5c7c%17c(c8%10)c%11c%16c%15%13)C13C(=C4)C=%14)CC=%12C9)C6. The van der Waals surface area contributed by atoms with E-state index in [1.807, 2.05) is 12.1 Å². The Morgan fingerprint density at radius 2 is 1.18 bits per heavy atom. The van der Waals surface area contributed by atoms with Crippen molar-refractivity contribution < 1.29 is 5.11 Å². The van der Waals surface area contributed by atoms with Gasteiger partial charge in [0.2, 0.25) is 0 Å². The molecule has 1 N–H and O–H groups in total. The van der Waals surface area contributed by atoms with Crippen LogP contribution in [0.25, 0.3) is 104 Å². The van der Waals surface area contributed by atoms with E-state index in [1.165, 1.54) is 80.7 Å². The Balaban J connectivity index is 1.02. The Morgan fingerprint density at radius 3 is 2.00 bits per heavy atom. The smallest absolute Gasteiger partial charge is 0.115 e. The van der Waals surface area contributed by atoms with Crippen LogP contribution >= 0.6 is 0 Å². The number of phenolic OH excluding ortho intramolecular Hbond substituents is 1. The van der Waals surface area contributed by atoms with Crippen molar-refractivity contribution in [1.82, 2.24) is 0 Å². The zero-order valence-electron chi connectivity index (χ0n) is 34.1. The predicted octanol–water partition coefficient (Wildman–Crippen LogP) is 12.4. The van der Waals surface area contributed by atoms with E-state index in [2.05, 4.69) is 60.4 Å². The van der Waals surface area contributed by atoms with Gasteiger partial charge in [-0.2, -0.15) is 0 Å². The molecule has 286 valence electrons. The van der Waals surface area contributed by atoms with Crippen LogP contribution in [0.3, 0.4) is 0 Å². The van der Waals surface area contributed by atoms with Gasteiger partial charge in [0.15, 0.2) is 0 Å². The highest BCUT2D eigenvalue weighted by atomic mass is 16.3. The summed E-state index contributed by atoms with van der Waals surface area (Å²) in [5.74, 6) is 0.358. The van der Waals surface area contributed by atoms with Crippen LogP contribution < -0.4 is 15.3 Å². The molecule has 0 bridgehead atoms. The Kier molecular flexibility index (Phi) is 4.65. The molecule has 2 nitrogen and oxygen atoms in total. The normalized spacial score (nSPS) is 24.1. The number of allylic oxidation sites excluding steroid dienone is 1. The molecule has 7 aliphatic carbocycles. The summed E-state index contributed by atoms with van der Waals surface area (Å²) >= 11 is 0. The van der Waals surface area contributed by atoms with Gasteiger partial charge < -0.3 is 10.0 Å².